The molecule has 3 rings (SSSR count). The van der Waals surface area contributed by atoms with Crippen molar-refractivity contribution in [3.63, 3.8) is 0 Å². The molecule has 0 aliphatic heterocycles. The van der Waals surface area contributed by atoms with Crippen molar-refractivity contribution in [3.8, 4) is 0 Å². The van der Waals surface area contributed by atoms with Crippen molar-refractivity contribution in [2.45, 2.75) is 16.7 Å². The Morgan fingerprint density at radius 3 is 2.38 bits per heavy atom. The molecule has 0 bridgehead atoms. The number of furan rings is 1. The number of benzene rings is 1. The van der Waals surface area contributed by atoms with Crippen LogP contribution in [0.2, 0.25) is 0 Å². The van der Waals surface area contributed by atoms with Crippen molar-refractivity contribution < 1.29 is 26.8 Å². The topological polar surface area (TPSA) is 105 Å². The first-order valence-corrected chi connectivity index (χ1v) is 10.9. The summed E-state index contributed by atoms with van der Waals surface area (Å²) in [5.41, 5.74) is 0. The molecule has 29 heavy (non-hydrogen) atoms. The van der Waals surface area contributed by atoms with E-state index in [1.165, 1.54) is 29.7 Å². The highest BCUT2D eigenvalue weighted by Gasteiger charge is 2.32. The lowest BCUT2D eigenvalue weighted by atomic mass is 10.3. The first-order chi connectivity index (χ1) is 13.9. The van der Waals surface area contributed by atoms with Gasteiger partial charge in [-0.15, -0.1) is 11.3 Å². The van der Waals surface area contributed by atoms with Crippen LogP contribution in [0.1, 0.15) is 15.9 Å². The van der Waals surface area contributed by atoms with Gasteiger partial charge in [-0.1, -0.05) is 6.07 Å². The zero-order valence-electron chi connectivity index (χ0n) is 15.0. The predicted molar refractivity (Wildman–Crippen MR) is 104 cm³/mol. The molecule has 0 saturated carbocycles. The molecule has 2 amide bonds. The van der Waals surface area contributed by atoms with Crippen molar-refractivity contribution in [1.82, 2.24) is 10.6 Å². The molecule has 7 nitrogen and oxygen atoms in total. The van der Waals surface area contributed by atoms with Gasteiger partial charge in [-0.05, 0) is 47.8 Å². The van der Waals surface area contributed by atoms with Crippen LogP contribution in [-0.2, 0) is 26.0 Å². The summed E-state index contributed by atoms with van der Waals surface area (Å²) < 4.78 is 44.3. The van der Waals surface area contributed by atoms with E-state index in [1.807, 2.05) is 17.5 Å². The fourth-order valence-corrected chi connectivity index (χ4v) is 4.78. The third kappa shape index (κ3) is 5.09. The average molecular weight is 436 g/mol. The highest BCUT2D eigenvalue weighted by Crippen LogP contribution is 2.29. The number of carbonyl (C=O) groups is 2. The van der Waals surface area contributed by atoms with Gasteiger partial charge in [0.15, 0.2) is 9.84 Å². The SMILES string of the molecule is O=C(NCc1cccs1)C(=O)NCC(c1ccco1)S(=O)(=O)c1ccc(F)cc1. The van der Waals surface area contributed by atoms with Gasteiger partial charge in [0.1, 0.15) is 16.8 Å². The second kappa shape index (κ2) is 9.01. The summed E-state index contributed by atoms with van der Waals surface area (Å²) in [5, 5.41) is 5.35. The number of sulfone groups is 1. The molecule has 2 heterocycles. The van der Waals surface area contributed by atoms with Gasteiger partial charge in [-0.3, -0.25) is 9.59 Å². The van der Waals surface area contributed by atoms with Crippen molar-refractivity contribution >= 4 is 33.0 Å². The smallest absolute Gasteiger partial charge is 0.309 e. The molecule has 2 N–H and O–H groups in total. The van der Waals surface area contributed by atoms with E-state index in [0.717, 1.165) is 29.1 Å². The molecule has 0 saturated heterocycles. The Labute approximate surface area is 170 Å². The molecule has 0 aliphatic carbocycles. The number of nitrogens with one attached hydrogen (secondary N) is 2. The van der Waals surface area contributed by atoms with E-state index in [1.54, 1.807) is 0 Å². The molecule has 10 heteroatoms. The summed E-state index contributed by atoms with van der Waals surface area (Å²) >= 11 is 1.43. The fourth-order valence-electron chi connectivity index (χ4n) is 2.55. The predicted octanol–water partition coefficient (Wildman–Crippen LogP) is 2.43. The van der Waals surface area contributed by atoms with Gasteiger partial charge in [0.05, 0.1) is 17.7 Å². The molecule has 2 aromatic heterocycles. The highest BCUT2D eigenvalue weighted by atomic mass is 32.2. The van der Waals surface area contributed by atoms with Gasteiger partial charge in [-0.25, -0.2) is 12.8 Å². The Balaban J connectivity index is 1.70. The molecule has 0 aliphatic rings. The monoisotopic (exact) mass is 436 g/mol. The Bertz CT molecular complexity index is 1060. The standard InChI is InChI=1S/C19H17FN2O5S2/c20-13-5-7-15(8-6-13)29(25,26)17(16-4-1-9-27-16)12-22-19(24)18(23)21-11-14-3-2-10-28-14/h1-10,17H,11-12H2,(H,21,23)(H,22,24). The van der Waals surface area contributed by atoms with Crippen LogP contribution < -0.4 is 10.6 Å². The molecule has 0 fully saturated rings. The van der Waals surface area contributed by atoms with E-state index in [2.05, 4.69) is 10.6 Å². The summed E-state index contributed by atoms with van der Waals surface area (Å²) in [6, 6.07) is 10.9. The van der Waals surface area contributed by atoms with Gasteiger partial charge in [0.25, 0.3) is 0 Å². The van der Waals surface area contributed by atoms with Gasteiger partial charge >= 0.3 is 11.8 Å². The van der Waals surface area contributed by atoms with Crippen LogP contribution in [-0.4, -0.2) is 26.8 Å². The maximum absolute atomic E-state index is 13.2. The maximum Gasteiger partial charge on any atom is 0.309 e. The Morgan fingerprint density at radius 2 is 1.76 bits per heavy atom. The Morgan fingerprint density at radius 1 is 1.03 bits per heavy atom. The minimum Gasteiger partial charge on any atom is -0.468 e. The summed E-state index contributed by atoms with van der Waals surface area (Å²) in [4.78, 5) is 24.8. The average Bonchev–Trinajstić information content (AvgIpc) is 3.40. The van der Waals surface area contributed by atoms with Gasteiger partial charge in [0, 0.05) is 11.4 Å². The molecule has 3 aromatic rings. The third-order valence-corrected chi connectivity index (χ3v) is 6.99. The normalized spacial score (nSPS) is 12.3. The summed E-state index contributed by atoms with van der Waals surface area (Å²) in [6.07, 6.45) is 1.30. The van der Waals surface area contributed by atoms with E-state index >= 15 is 0 Å². The van der Waals surface area contributed by atoms with Crippen LogP contribution in [0.3, 0.4) is 0 Å². The number of amides is 2. The molecule has 1 atom stereocenters. The lowest BCUT2D eigenvalue weighted by Gasteiger charge is -2.16. The quantitative estimate of drug-likeness (QED) is 0.437. The number of halogens is 1. The molecule has 0 spiro atoms. The van der Waals surface area contributed by atoms with Crippen LogP contribution in [0.15, 0.2) is 69.5 Å². The van der Waals surface area contributed by atoms with Gasteiger partial charge in [-0.2, -0.15) is 0 Å². The van der Waals surface area contributed by atoms with E-state index in [9.17, 15) is 22.4 Å². The molecule has 1 unspecified atom stereocenters. The molecule has 1 aromatic carbocycles. The lowest BCUT2D eigenvalue weighted by molar-refractivity contribution is -0.139. The second-order valence-corrected chi connectivity index (χ2v) is 9.14. The number of hydrogen-bond acceptors (Lipinski definition) is 6. The number of carbonyl (C=O) groups excluding carboxylic acids is 2. The number of rotatable bonds is 7. The number of hydrogen-bond donors (Lipinski definition) is 2. The Kier molecular flexibility index (Phi) is 6.45. The van der Waals surface area contributed by atoms with Crippen LogP contribution in [0, 0.1) is 5.82 Å². The first kappa shape index (κ1) is 20.7. The van der Waals surface area contributed by atoms with Crippen molar-refractivity contribution in [2.75, 3.05) is 6.54 Å². The summed E-state index contributed by atoms with van der Waals surface area (Å²) in [6.45, 7) is -0.197. The maximum atomic E-state index is 13.2. The van der Waals surface area contributed by atoms with Crippen LogP contribution >= 0.6 is 11.3 Å². The van der Waals surface area contributed by atoms with Crippen molar-refractivity contribution in [3.05, 3.63) is 76.6 Å². The van der Waals surface area contributed by atoms with Gasteiger partial charge < -0.3 is 15.1 Å². The largest absolute Gasteiger partial charge is 0.468 e. The van der Waals surface area contributed by atoms with E-state index in [0.29, 0.717) is 0 Å². The molecule has 152 valence electrons. The molecular weight excluding hydrogens is 419 g/mol. The number of thiophene rings is 1. The van der Waals surface area contributed by atoms with Crippen molar-refractivity contribution in [2.24, 2.45) is 0 Å². The zero-order chi connectivity index (χ0) is 20.9. The first-order valence-electron chi connectivity index (χ1n) is 8.49. The van der Waals surface area contributed by atoms with Crippen LogP contribution in [0.25, 0.3) is 0 Å². The van der Waals surface area contributed by atoms with E-state index in [4.69, 9.17) is 4.42 Å². The van der Waals surface area contributed by atoms with Crippen LogP contribution in [0.4, 0.5) is 4.39 Å². The fraction of sp³-hybridized carbons (Fsp3) is 0.158. The highest BCUT2D eigenvalue weighted by molar-refractivity contribution is 7.91. The second-order valence-electron chi connectivity index (χ2n) is 5.98. The zero-order valence-corrected chi connectivity index (χ0v) is 16.6. The summed E-state index contributed by atoms with van der Waals surface area (Å²) in [5.74, 6) is -2.33. The van der Waals surface area contributed by atoms with Gasteiger partial charge in [0.2, 0.25) is 0 Å². The van der Waals surface area contributed by atoms with E-state index < -0.39 is 39.3 Å². The third-order valence-electron chi connectivity index (χ3n) is 4.03. The molecule has 0 radical (unpaired) electrons. The van der Waals surface area contributed by atoms with Crippen molar-refractivity contribution in [1.29, 1.82) is 0 Å². The minimum atomic E-state index is -4.02. The Hall–Kier alpha value is -2.98. The lowest BCUT2D eigenvalue weighted by Crippen LogP contribution is -2.41. The summed E-state index contributed by atoms with van der Waals surface area (Å²) in [7, 11) is -4.02. The van der Waals surface area contributed by atoms with Crippen LogP contribution in [0.5, 0.6) is 0 Å². The minimum absolute atomic E-state index is 0.0913. The molecular formula is C19H17FN2O5S2. The van der Waals surface area contributed by atoms with E-state index in [-0.39, 0.29) is 17.2 Å².